The van der Waals surface area contributed by atoms with Crippen molar-refractivity contribution in [1.82, 2.24) is 0 Å². The van der Waals surface area contributed by atoms with Gasteiger partial charge in [0.25, 0.3) is 0 Å². The molecule has 210 valence electrons. The number of hydrogen-bond acceptors (Lipinski definition) is 3. The van der Waals surface area contributed by atoms with E-state index in [1.165, 1.54) is 44.1 Å². The van der Waals surface area contributed by atoms with Gasteiger partial charge in [-0.1, -0.05) is 103 Å². The van der Waals surface area contributed by atoms with Gasteiger partial charge in [-0.15, -0.1) is 0 Å². The molecule has 0 bridgehead atoms. The molecule has 6 aromatic rings. The predicted octanol–water partition coefficient (Wildman–Crippen LogP) is 9.10. The van der Waals surface area contributed by atoms with Gasteiger partial charge in [-0.25, -0.2) is 0 Å². The Hall–Kier alpha value is -4.67. The molecule has 0 N–H and O–H groups in total. The van der Waals surface area contributed by atoms with Gasteiger partial charge in [-0.3, -0.25) is 4.79 Å². The molecule has 0 fully saturated rings. The summed E-state index contributed by atoms with van der Waals surface area (Å²) in [5, 5.41) is 2.02. The van der Waals surface area contributed by atoms with Gasteiger partial charge >= 0.3 is 0 Å². The van der Waals surface area contributed by atoms with Crippen LogP contribution < -0.4 is 15.5 Å². The van der Waals surface area contributed by atoms with E-state index >= 15 is 0 Å². The van der Waals surface area contributed by atoms with Crippen LogP contribution in [0.1, 0.15) is 33.6 Å². The third kappa shape index (κ3) is 3.56. The fourth-order valence-corrected chi connectivity index (χ4v) is 8.58. The Balaban J connectivity index is 1.53. The normalized spacial score (nSPS) is 14.4. The minimum atomic E-state index is -1.67. The SMILES string of the molecule is Cc1ccc2c(c1)C1(c3ccccc3-c3ccccc31)c1cc([Si](C)(C)C)ccc1N2c1ccc2oc(C)cc(=O)c2c1. The van der Waals surface area contributed by atoms with E-state index in [1.807, 2.05) is 19.1 Å². The number of fused-ring (bicyclic) bond motifs is 10. The Morgan fingerprint density at radius 1 is 0.651 bits per heavy atom. The monoisotopic (exact) mass is 575 g/mol. The highest BCUT2D eigenvalue weighted by molar-refractivity contribution is 6.88. The van der Waals surface area contributed by atoms with Crippen molar-refractivity contribution in [1.29, 1.82) is 0 Å². The molecule has 0 unspecified atom stereocenters. The lowest BCUT2D eigenvalue weighted by atomic mass is 9.64. The molecule has 0 amide bonds. The second kappa shape index (κ2) is 8.92. The summed E-state index contributed by atoms with van der Waals surface area (Å²) in [6, 6.07) is 39.5. The first kappa shape index (κ1) is 26.0. The zero-order valence-electron chi connectivity index (χ0n) is 25.2. The predicted molar refractivity (Wildman–Crippen MR) is 180 cm³/mol. The zero-order chi connectivity index (χ0) is 29.7. The van der Waals surface area contributed by atoms with E-state index in [9.17, 15) is 4.79 Å². The van der Waals surface area contributed by atoms with E-state index in [-0.39, 0.29) is 5.43 Å². The van der Waals surface area contributed by atoms with Crippen LogP contribution in [0.15, 0.2) is 118 Å². The fraction of sp³-hybridized carbons (Fsp3) is 0.154. The Morgan fingerprint density at radius 2 is 1.28 bits per heavy atom. The topological polar surface area (TPSA) is 33.5 Å². The number of anilines is 3. The van der Waals surface area contributed by atoms with Crippen LogP contribution in [0, 0.1) is 13.8 Å². The van der Waals surface area contributed by atoms with Crippen LogP contribution in [0.5, 0.6) is 0 Å². The van der Waals surface area contributed by atoms with Gasteiger partial charge in [0.15, 0.2) is 5.43 Å². The van der Waals surface area contributed by atoms with Crippen molar-refractivity contribution in [2.45, 2.75) is 38.9 Å². The third-order valence-corrected chi connectivity index (χ3v) is 11.4. The molecular weight excluding hydrogens is 543 g/mol. The van der Waals surface area contributed by atoms with Crippen LogP contribution >= 0.6 is 0 Å². The van der Waals surface area contributed by atoms with Crippen LogP contribution in [-0.4, -0.2) is 8.07 Å². The van der Waals surface area contributed by atoms with Gasteiger partial charge < -0.3 is 9.32 Å². The van der Waals surface area contributed by atoms with Gasteiger partial charge in [0.1, 0.15) is 11.3 Å². The van der Waals surface area contributed by atoms with Crippen molar-refractivity contribution in [2.75, 3.05) is 4.90 Å². The summed E-state index contributed by atoms with van der Waals surface area (Å²) >= 11 is 0. The molecule has 0 saturated carbocycles. The summed E-state index contributed by atoms with van der Waals surface area (Å²) < 4.78 is 5.93. The molecule has 1 aliphatic heterocycles. The van der Waals surface area contributed by atoms with E-state index in [2.05, 4.69) is 122 Å². The number of benzene rings is 5. The zero-order valence-corrected chi connectivity index (χ0v) is 26.2. The highest BCUT2D eigenvalue weighted by Gasteiger charge is 2.52. The molecule has 4 heteroatoms. The summed E-state index contributed by atoms with van der Waals surface area (Å²) in [6.45, 7) is 11.3. The molecule has 1 aliphatic carbocycles. The van der Waals surface area contributed by atoms with Gasteiger partial charge in [0.05, 0.1) is 30.2 Å². The quantitative estimate of drug-likeness (QED) is 0.193. The van der Waals surface area contributed by atoms with Crippen molar-refractivity contribution in [2.24, 2.45) is 0 Å². The molecular formula is C39H33NO2Si. The standard InChI is InChI=1S/C39H33NO2Si/c1-24-14-17-35-33(20-24)39(31-12-8-6-10-28(31)29-11-7-9-13-32(29)39)34-23-27(43(3,4)5)16-18-36(34)40(35)26-15-19-38-30(22-26)37(41)21-25(2)42-38/h6-23H,1-5H3. The maximum Gasteiger partial charge on any atom is 0.193 e. The summed E-state index contributed by atoms with van der Waals surface area (Å²) in [6.07, 6.45) is 0. The number of nitrogens with zero attached hydrogens (tertiary/aromatic N) is 1. The Kier molecular flexibility index (Phi) is 5.39. The summed E-state index contributed by atoms with van der Waals surface area (Å²) in [7, 11) is -1.67. The number of hydrogen-bond donors (Lipinski definition) is 0. The van der Waals surface area contributed by atoms with Crippen LogP contribution in [0.25, 0.3) is 22.1 Å². The summed E-state index contributed by atoms with van der Waals surface area (Å²) in [4.78, 5) is 15.5. The number of aryl methyl sites for hydroxylation is 2. The molecule has 0 saturated heterocycles. The average Bonchev–Trinajstić information content (AvgIpc) is 3.28. The highest BCUT2D eigenvalue weighted by atomic mass is 28.3. The largest absolute Gasteiger partial charge is 0.461 e. The van der Waals surface area contributed by atoms with E-state index in [4.69, 9.17) is 4.42 Å². The Bertz CT molecular complexity index is 2140. The van der Waals surface area contributed by atoms with E-state index in [0.717, 1.165) is 17.1 Å². The van der Waals surface area contributed by atoms with Gasteiger partial charge in [-0.05, 0) is 77.6 Å². The first-order valence-electron chi connectivity index (χ1n) is 15.0. The van der Waals surface area contributed by atoms with Crippen molar-refractivity contribution >= 4 is 41.3 Å². The molecule has 5 aromatic carbocycles. The smallest absolute Gasteiger partial charge is 0.193 e. The maximum absolute atomic E-state index is 13.1. The second-order valence-corrected chi connectivity index (χ2v) is 18.2. The van der Waals surface area contributed by atoms with Crippen molar-refractivity contribution in [3.8, 4) is 11.1 Å². The lowest BCUT2D eigenvalue weighted by Gasteiger charge is -2.45. The van der Waals surface area contributed by atoms with E-state index in [0.29, 0.717) is 16.7 Å². The van der Waals surface area contributed by atoms with Crippen LogP contribution in [-0.2, 0) is 5.41 Å². The fourth-order valence-electron chi connectivity index (χ4n) is 7.42. The van der Waals surface area contributed by atoms with Crippen LogP contribution in [0.4, 0.5) is 17.1 Å². The first-order chi connectivity index (χ1) is 20.7. The van der Waals surface area contributed by atoms with Crippen molar-refractivity contribution < 1.29 is 4.42 Å². The molecule has 0 radical (unpaired) electrons. The summed E-state index contributed by atoms with van der Waals surface area (Å²) in [5.41, 5.74) is 12.3. The molecule has 2 aliphatic rings. The van der Waals surface area contributed by atoms with E-state index < -0.39 is 13.5 Å². The van der Waals surface area contributed by atoms with Gasteiger partial charge in [0, 0.05) is 11.8 Å². The molecule has 3 nitrogen and oxygen atoms in total. The Labute approximate surface area is 253 Å². The molecule has 8 rings (SSSR count). The lowest BCUT2D eigenvalue weighted by molar-refractivity contribution is 0.565. The molecule has 1 aromatic heterocycles. The van der Waals surface area contributed by atoms with Gasteiger partial charge in [-0.2, -0.15) is 0 Å². The minimum absolute atomic E-state index is 0.0221. The number of rotatable bonds is 2. The van der Waals surface area contributed by atoms with Crippen LogP contribution in [0.2, 0.25) is 19.6 Å². The van der Waals surface area contributed by atoms with Crippen LogP contribution in [0.3, 0.4) is 0 Å². The van der Waals surface area contributed by atoms with E-state index in [1.54, 1.807) is 6.07 Å². The molecule has 2 heterocycles. The summed E-state index contributed by atoms with van der Waals surface area (Å²) in [5.74, 6) is 0.619. The average molecular weight is 576 g/mol. The minimum Gasteiger partial charge on any atom is -0.461 e. The first-order valence-corrected chi connectivity index (χ1v) is 18.5. The van der Waals surface area contributed by atoms with Crippen molar-refractivity contribution in [3.63, 3.8) is 0 Å². The van der Waals surface area contributed by atoms with Gasteiger partial charge in [0.2, 0.25) is 0 Å². The maximum atomic E-state index is 13.1. The lowest BCUT2D eigenvalue weighted by Crippen LogP contribution is -2.42. The third-order valence-electron chi connectivity index (χ3n) is 9.35. The Morgan fingerprint density at radius 3 is 1.95 bits per heavy atom. The van der Waals surface area contributed by atoms with Crippen molar-refractivity contribution in [3.05, 3.63) is 153 Å². The second-order valence-electron chi connectivity index (χ2n) is 13.1. The highest BCUT2D eigenvalue weighted by Crippen LogP contribution is 2.63. The molecule has 0 atom stereocenters. The molecule has 1 spiro atoms. The molecule has 43 heavy (non-hydrogen) atoms.